The maximum atomic E-state index is 15.4. The molecule has 26 heavy (non-hydrogen) atoms. The molecule has 2 aromatic rings. The lowest BCUT2D eigenvalue weighted by molar-refractivity contribution is -0.119. The fourth-order valence-electron chi connectivity index (χ4n) is 4.57. The summed E-state index contributed by atoms with van der Waals surface area (Å²) in [4.78, 5) is 15.2. The standard InChI is InChI=1S/C21H20ClFN2O/c22-19-18-16(6-5-13-11-17(13)18)21(25-9-7-24(12-26)8-10-25)15-4-2-1-3-14(15)20(19)23/h1-6,12,19-21H,7-11H2. The van der Waals surface area contributed by atoms with E-state index in [4.69, 9.17) is 11.6 Å². The van der Waals surface area contributed by atoms with Gasteiger partial charge in [-0.1, -0.05) is 36.4 Å². The van der Waals surface area contributed by atoms with E-state index in [0.29, 0.717) is 18.7 Å². The van der Waals surface area contributed by atoms with Crippen molar-refractivity contribution in [1.82, 2.24) is 9.80 Å². The fourth-order valence-corrected chi connectivity index (χ4v) is 4.96. The molecule has 0 bridgehead atoms. The van der Waals surface area contributed by atoms with E-state index < -0.39 is 11.5 Å². The number of alkyl halides is 2. The summed E-state index contributed by atoms with van der Waals surface area (Å²) in [5.41, 5.74) is 6.35. The molecule has 0 saturated carbocycles. The number of amides is 1. The van der Waals surface area contributed by atoms with Crippen molar-refractivity contribution in [2.24, 2.45) is 0 Å². The first-order valence-electron chi connectivity index (χ1n) is 9.14. The van der Waals surface area contributed by atoms with Crippen molar-refractivity contribution < 1.29 is 9.18 Å². The molecule has 0 spiro atoms. The van der Waals surface area contributed by atoms with Gasteiger partial charge < -0.3 is 4.90 Å². The Hall–Kier alpha value is -1.91. The largest absolute Gasteiger partial charge is 0.343 e. The summed E-state index contributed by atoms with van der Waals surface area (Å²) in [5.74, 6) is 0. The molecule has 1 aliphatic heterocycles. The van der Waals surface area contributed by atoms with Gasteiger partial charge in [-0.3, -0.25) is 9.69 Å². The van der Waals surface area contributed by atoms with Crippen LogP contribution in [0, 0.1) is 0 Å². The van der Waals surface area contributed by atoms with Crippen molar-refractivity contribution in [1.29, 1.82) is 0 Å². The molecule has 3 unspecified atom stereocenters. The predicted octanol–water partition coefficient (Wildman–Crippen LogP) is 3.76. The van der Waals surface area contributed by atoms with Gasteiger partial charge in [0, 0.05) is 26.2 Å². The second-order valence-corrected chi connectivity index (χ2v) is 7.87. The van der Waals surface area contributed by atoms with Gasteiger partial charge in [0.15, 0.2) is 0 Å². The van der Waals surface area contributed by atoms with Crippen LogP contribution in [-0.2, 0) is 11.2 Å². The van der Waals surface area contributed by atoms with Gasteiger partial charge in [-0.15, -0.1) is 11.6 Å². The van der Waals surface area contributed by atoms with Gasteiger partial charge in [0.25, 0.3) is 0 Å². The van der Waals surface area contributed by atoms with Crippen LogP contribution in [0.25, 0.3) is 0 Å². The Morgan fingerprint density at radius 3 is 2.46 bits per heavy atom. The van der Waals surface area contributed by atoms with E-state index in [2.05, 4.69) is 17.0 Å². The first-order chi connectivity index (χ1) is 12.7. The number of hydrogen-bond donors (Lipinski definition) is 0. The van der Waals surface area contributed by atoms with E-state index in [-0.39, 0.29) is 6.04 Å². The second-order valence-electron chi connectivity index (χ2n) is 7.40. The first-order valence-corrected chi connectivity index (χ1v) is 9.57. The van der Waals surface area contributed by atoms with Crippen LogP contribution in [-0.4, -0.2) is 42.4 Å². The molecule has 3 nitrogen and oxygen atoms in total. The van der Waals surface area contributed by atoms with E-state index in [1.54, 1.807) is 4.90 Å². The van der Waals surface area contributed by atoms with Gasteiger partial charge in [0.05, 0.1) is 11.4 Å². The average molecular weight is 371 g/mol. The highest BCUT2D eigenvalue weighted by molar-refractivity contribution is 6.21. The third kappa shape index (κ3) is 2.39. The van der Waals surface area contributed by atoms with Crippen molar-refractivity contribution in [3.8, 4) is 0 Å². The molecule has 3 aliphatic rings. The van der Waals surface area contributed by atoms with E-state index >= 15 is 4.39 Å². The van der Waals surface area contributed by atoms with Crippen LogP contribution in [0.15, 0.2) is 36.4 Å². The van der Waals surface area contributed by atoms with Crippen LogP contribution in [0.3, 0.4) is 0 Å². The Balaban J connectivity index is 1.66. The van der Waals surface area contributed by atoms with E-state index in [0.717, 1.165) is 42.6 Å². The number of piperazine rings is 1. The fraction of sp³-hybridized carbons (Fsp3) is 0.381. The van der Waals surface area contributed by atoms with Gasteiger partial charge in [-0.2, -0.15) is 0 Å². The maximum Gasteiger partial charge on any atom is 0.209 e. The summed E-state index contributed by atoms with van der Waals surface area (Å²) in [6, 6.07) is 12.1. The van der Waals surface area contributed by atoms with Crippen LogP contribution < -0.4 is 0 Å². The number of carbonyl (C=O) groups is 1. The highest BCUT2D eigenvalue weighted by Crippen LogP contribution is 2.53. The Morgan fingerprint density at radius 1 is 1.00 bits per heavy atom. The molecule has 3 atom stereocenters. The SMILES string of the molecule is O=CN1CCN(C2c3ccccc3C(F)C(Cl)c3c2ccc2c3C2)CC1. The number of carbonyl (C=O) groups excluding carboxylic acids is 1. The summed E-state index contributed by atoms with van der Waals surface area (Å²) in [6.07, 6.45) is 0.629. The number of fused-ring (bicyclic) bond motifs is 4. The van der Waals surface area contributed by atoms with E-state index in [1.165, 1.54) is 11.1 Å². The van der Waals surface area contributed by atoms with Crippen molar-refractivity contribution in [3.63, 3.8) is 0 Å². The second kappa shape index (κ2) is 6.07. The molecule has 134 valence electrons. The van der Waals surface area contributed by atoms with Crippen LogP contribution in [0.1, 0.15) is 51.0 Å². The molecule has 0 aromatic heterocycles. The summed E-state index contributed by atoms with van der Waals surface area (Å²) in [5, 5.41) is -0.648. The van der Waals surface area contributed by atoms with Gasteiger partial charge >= 0.3 is 0 Å². The van der Waals surface area contributed by atoms with Gasteiger partial charge in [0.1, 0.15) is 6.17 Å². The Labute approximate surface area is 157 Å². The average Bonchev–Trinajstić information content (AvgIpc) is 3.48. The monoisotopic (exact) mass is 370 g/mol. The Bertz CT molecular complexity index is 878. The molecule has 2 aliphatic carbocycles. The molecule has 1 fully saturated rings. The number of benzene rings is 2. The molecule has 1 saturated heterocycles. The summed E-state index contributed by atoms with van der Waals surface area (Å²) in [6.45, 7) is 2.95. The summed E-state index contributed by atoms with van der Waals surface area (Å²) >= 11 is 6.67. The molecule has 0 N–H and O–H groups in total. The van der Waals surface area contributed by atoms with E-state index in [1.807, 2.05) is 24.3 Å². The van der Waals surface area contributed by atoms with Gasteiger partial charge in [0.2, 0.25) is 6.41 Å². The third-order valence-corrected chi connectivity index (χ3v) is 6.45. The van der Waals surface area contributed by atoms with E-state index in [9.17, 15) is 4.79 Å². The Morgan fingerprint density at radius 2 is 1.73 bits per heavy atom. The number of rotatable bonds is 2. The zero-order valence-corrected chi connectivity index (χ0v) is 15.1. The van der Waals surface area contributed by atoms with Crippen molar-refractivity contribution in [2.75, 3.05) is 26.2 Å². The smallest absolute Gasteiger partial charge is 0.209 e. The first kappa shape index (κ1) is 16.3. The third-order valence-electron chi connectivity index (χ3n) is 6.01. The minimum absolute atomic E-state index is 0.0112. The molecular weight excluding hydrogens is 351 g/mol. The van der Waals surface area contributed by atoms with Gasteiger partial charge in [-0.25, -0.2) is 4.39 Å². The highest BCUT2D eigenvalue weighted by Gasteiger charge is 2.41. The van der Waals surface area contributed by atoms with Gasteiger partial charge in [-0.05, 0) is 39.8 Å². The molecule has 2 aromatic carbocycles. The van der Waals surface area contributed by atoms with Crippen LogP contribution in [0.5, 0.6) is 0 Å². The predicted molar refractivity (Wildman–Crippen MR) is 99.2 cm³/mol. The normalized spacial score (nSPS) is 27.2. The van der Waals surface area contributed by atoms with Crippen LogP contribution >= 0.6 is 11.6 Å². The highest BCUT2D eigenvalue weighted by atomic mass is 35.5. The van der Waals surface area contributed by atoms with Crippen LogP contribution in [0.4, 0.5) is 4.39 Å². The van der Waals surface area contributed by atoms with Crippen molar-refractivity contribution in [2.45, 2.75) is 24.0 Å². The van der Waals surface area contributed by atoms with Crippen LogP contribution in [0.2, 0.25) is 0 Å². The number of halogens is 2. The quantitative estimate of drug-likeness (QED) is 0.506. The lowest BCUT2D eigenvalue weighted by atomic mass is 9.92. The number of nitrogens with zero attached hydrogens (tertiary/aromatic N) is 2. The zero-order chi connectivity index (χ0) is 17.8. The lowest BCUT2D eigenvalue weighted by Crippen LogP contribution is -2.47. The molecule has 5 heteroatoms. The molecule has 1 heterocycles. The van der Waals surface area contributed by atoms with Crippen molar-refractivity contribution >= 4 is 18.0 Å². The zero-order valence-electron chi connectivity index (χ0n) is 14.4. The topological polar surface area (TPSA) is 23.6 Å². The summed E-state index contributed by atoms with van der Waals surface area (Å²) in [7, 11) is 0. The minimum Gasteiger partial charge on any atom is -0.343 e. The lowest BCUT2D eigenvalue weighted by Gasteiger charge is -2.39. The molecule has 0 radical (unpaired) electrons. The Kier molecular flexibility index (Phi) is 3.80. The van der Waals surface area contributed by atoms with Crippen molar-refractivity contribution in [3.05, 3.63) is 69.8 Å². The number of hydrogen-bond acceptors (Lipinski definition) is 2. The molecular formula is C21H20ClFN2O. The molecule has 1 amide bonds. The maximum absolute atomic E-state index is 15.4. The minimum atomic E-state index is -1.21. The molecule has 5 rings (SSSR count). The summed E-state index contributed by atoms with van der Waals surface area (Å²) < 4.78 is 15.4.